The van der Waals surface area contributed by atoms with Crippen LogP contribution in [0.4, 0.5) is 0 Å². The summed E-state index contributed by atoms with van der Waals surface area (Å²) >= 11 is 6.07. The summed E-state index contributed by atoms with van der Waals surface area (Å²) in [6.07, 6.45) is 3.28. The van der Waals surface area contributed by atoms with Gasteiger partial charge in [0.05, 0.1) is 7.11 Å². The number of halogens is 1. The van der Waals surface area contributed by atoms with Crippen LogP contribution in [-0.4, -0.2) is 27.1 Å². The first-order chi connectivity index (χ1) is 10.7. The van der Waals surface area contributed by atoms with Gasteiger partial charge in [-0.3, -0.25) is 4.98 Å². The van der Waals surface area contributed by atoms with Crippen molar-refractivity contribution < 1.29 is 4.74 Å². The maximum Gasteiger partial charge on any atom is 0.191 e. The molecule has 0 spiro atoms. The van der Waals surface area contributed by atoms with Crippen LogP contribution in [0.3, 0.4) is 0 Å². The average molecular weight is 312 g/mol. The number of pyridine rings is 1. The van der Waals surface area contributed by atoms with Crippen LogP contribution in [0.15, 0.2) is 42.7 Å². The Balaban J connectivity index is 2.28. The fraction of sp³-hybridized carbons (Fsp3) is 0.0667. The highest BCUT2D eigenvalue weighted by molar-refractivity contribution is 6.30. The van der Waals surface area contributed by atoms with Gasteiger partial charge in [-0.05, 0) is 30.3 Å². The third kappa shape index (κ3) is 2.38. The van der Waals surface area contributed by atoms with Gasteiger partial charge in [-0.15, -0.1) is 5.10 Å². The fourth-order valence-electron chi connectivity index (χ4n) is 2.12. The highest BCUT2D eigenvalue weighted by Crippen LogP contribution is 2.31. The van der Waals surface area contributed by atoms with Gasteiger partial charge in [-0.1, -0.05) is 16.8 Å². The van der Waals surface area contributed by atoms with Gasteiger partial charge in [0.15, 0.2) is 5.69 Å². The molecule has 7 heteroatoms. The molecular formula is C15H10ClN5O. The van der Waals surface area contributed by atoms with Crippen LogP contribution in [-0.2, 0) is 0 Å². The Labute approximate surface area is 131 Å². The normalized spacial score (nSPS) is 10.2. The van der Waals surface area contributed by atoms with Crippen molar-refractivity contribution in [2.75, 3.05) is 7.11 Å². The quantitative estimate of drug-likeness (QED) is 0.743. The molecule has 0 N–H and O–H groups in total. The van der Waals surface area contributed by atoms with E-state index in [2.05, 4.69) is 15.3 Å². The molecule has 0 aliphatic heterocycles. The Morgan fingerprint density at radius 3 is 2.68 bits per heavy atom. The Kier molecular flexibility index (Phi) is 3.73. The average Bonchev–Trinajstić information content (AvgIpc) is 2.99. The van der Waals surface area contributed by atoms with E-state index < -0.39 is 0 Å². The number of aromatic nitrogens is 4. The summed E-state index contributed by atoms with van der Waals surface area (Å²) in [4.78, 5) is 3.98. The van der Waals surface area contributed by atoms with E-state index in [0.29, 0.717) is 22.2 Å². The number of hydrogen-bond acceptors (Lipinski definition) is 5. The molecule has 0 bridgehead atoms. The van der Waals surface area contributed by atoms with Gasteiger partial charge in [0.25, 0.3) is 0 Å². The molecule has 0 aliphatic carbocycles. The molecule has 0 fully saturated rings. The molecule has 3 rings (SSSR count). The van der Waals surface area contributed by atoms with Gasteiger partial charge in [0.2, 0.25) is 0 Å². The lowest BCUT2D eigenvalue weighted by molar-refractivity contribution is 0.411. The van der Waals surface area contributed by atoms with Crippen molar-refractivity contribution in [1.29, 1.82) is 5.26 Å². The topological polar surface area (TPSA) is 76.6 Å². The molecule has 108 valence electrons. The van der Waals surface area contributed by atoms with Crippen molar-refractivity contribution >= 4 is 11.6 Å². The molecule has 0 amide bonds. The SMILES string of the molecule is COc1ccc(Cl)cc1-n1nnc(C#N)c1-c1ccncc1. The first-order valence-corrected chi connectivity index (χ1v) is 6.72. The van der Waals surface area contributed by atoms with Crippen LogP contribution in [0.25, 0.3) is 16.9 Å². The standard InChI is InChI=1S/C15H10ClN5O/c1-22-14-3-2-11(16)8-13(14)21-15(12(9-17)19-20-21)10-4-6-18-7-5-10/h2-8H,1H3. The van der Waals surface area contributed by atoms with Gasteiger partial charge >= 0.3 is 0 Å². The number of rotatable bonds is 3. The zero-order valence-corrected chi connectivity index (χ0v) is 12.3. The predicted octanol–water partition coefficient (Wildman–Crippen LogP) is 2.86. The van der Waals surface area contributed by atoms with Crippen LogP contribution in [0.2, 0.25) is 5.02 Å². The summed E-state index contributed by atoms with van der Waals surface area (Å²) in [6, 6.07) is 10.8. The number of nitrogens with zero attached hydrogens (tertiary/aromatic N) is 5. The number of hydrogen-bond donors (Lipinski definition) is 0. The van der Waals surface area contributed by atoms with Gasteiger partial charge in [-0.2, -0.15) is 5.26 Å². The minimum atomic E-state index is 0.216. The first-order valence-electron chi connectivity index (χ1n) is 6.34. The summed E-state index contributed by atoms with van der Waals surface area (Å²) < 4.78 is 6.89. The second-order valence-electron chi connectivity index (χ2n) is 4.36. The molecule has 0 radical (unpaired) electrons. The van der Waals surface area contributed by atoms with E-state index in [1.54, 1.807) is 54.5 Å². The maximum absolute atomic E-state index is 9.28. The molecule has 3 aromatic rings. The largest absolute Gasteiger partial charge is 0.494 e. The summed E-state index contributed by atoms with van der Waals surface area (Å²) in [5, 5.41) is 17.8. The monoisotopic (exact) mass is 311 g/mol. The lowest BCUT2D eigenvalue weighted by Crippen LogP contribution is -2.02. The van der Waals surface area contributed by atoms with Gasteiger partial charge in [0.1, 0.15) is 23.2 Å². The Morgan fingerprint density at radius 2 is 2.00 bits per heavy atom. The number of benzene rings is 1. The lowest BCUT2D eigenvalue weighted by atomic mass is 10.1. The minimum absolute atomic E-state index is 0.216. The van der Waals surface area contributed by atoms with Crippen molar-refractivity contribution in [2.45, 2.75) is 0 Å². The molecule has 6 nitrogen and oxygen atoms in total. The van der Waals surface area contributed by atoms with Crippen molar-refractivity contribution in [1.82, 2.24) is 20.0 Å². The molecule has 0 atom stereocenters. The van der Waals surface area contributed by atoms with E-state index in [0.717, 1.165) is 5.56 Å². The van der Waals surface area contributed by atoms with Crippen molar-refractivity contribution in [3.05, 3.63) is 53.4 Å². The molecule has 1 aromatic carbocycles. The van der Waals surface area contributed by atoms with E-state index in [-0.39, 0.29) is 5.69 Å². The number of ether oxygens (including phenoxy) is 1. The van der Waals surface area contributed by atoms with E-state index in [1.165, 1.54) is 0 Å². The first kappa shape index (κ1) is 14.0. The van der Waals surface area contributed by atoms with E-state index in [4.69, 9.17) is 16.3 Å². The van der Waals surface area contributed by atoms with Gasteiger partial charge < -0.3 is 4.74 Å². The van der Waals surface area contributed by atoms with Crippen LogP contribution >= 0.6 is 11.6 Å². The van der Waals surface area contributed by atoms with E-state index >= 15 is 0 Å². The third-order valence-electron chi connectivity index (χ3n) is 3.10. The highest BCUT2D eigenvalue weighted by atomic mass is 35.5. The Bertz CT molecular complexity index is 854. The summed E-state index contributed by atoms with van der Waals surface area (Å²) in [6.45, 7) is 0. The van der Waals surface area contributed by atoms with Crippen LogP contribution < -0.4 is 4.74 Å². The zero-order chi connectivity index (χ0) is 15.5. The number of methoxy groups -OCH3 is 1. The van der Waals surface area contributed by atoms with E-state index in [1.807, 2.05) is 6.07 Å². The van der Waals surface area contributed by atoms with Crippen molar-refractivity contribution in [2.24, 2.45) is 0 Å². The number of nitriles is 1. The lowest BCUT2D eigenvalue weighted by Gasteiger charge is -2.11. The molecular weight excluding hydrogens is 302 g/mol. The summed E-state index contributed by atoms with van der Waals surface area (Å²) in [7, 11) is 1.56. The summed E-state index contributed by atoms with van der Waals surface area (Å²) in [5.74, 6) is 0.578. The van der Waals surface area contributed by atoms with Crippen LogP contribution in [0, 0.1) is 11.3 Å². The highest BCUT2D eigenvalue weighted by Gasteiger charge is 2.18. The molecule has 0 saturated heterocycles. The van der Waals surface area contributed by atoms with Crippen LogP contribution in [0.5, 0.6) is 5.75 Å². The Hall–Kier alpha value is -2.91. The molecule has 0 saturated carbocycles. The fourth-order valence-corrected chi connectivity index (χ4v) is 2.29. The van der Waals surface area contributed by atoms with Crippen LogP contribution in [0.1, 0.15) is 5.69 Å². The minimum Gasteiger partial charge on any atom is -0.494 e. The summed E-state index contributed by atoms with van der Waals surface area (Å²) in [5.41, 5.74) is 2.16. The molecule has 22 heavy (non-hydrogen) atoms. The molecule has 2 aromatic heterocycles. The third-order valence-corrected chi connectivity index (χ3v) is 3.33. The van der Waals surface area contributed by atoms with Gasteiger partial charge in [0, 0.05) is 23.0 Å². The second-order valence-corrected chi connectivity index (χ2v) is 4.80. The molecule has 2 heterocycles. The Morgan fingerprint density at radius 1 is 1.23 bits per heavy atom. The zero-order valence-electron chi connectivity index (χ0n) is 11.6. The van der Waals surface area contributed by atoms with Crippen molar-refractivity contribution in [3.8, 4) is 28.8 Å². The molecule has 0 aliphatic rings. The molecule has 0 unspecified atom stereocenters. The maximum atomic E-state index is 9.28. The van der Waals surface area contributed by atoms with Gasteiger partial charge in [-0.25, -0.2) is 4.68 Å². The van der Waals surface area contributed by atoms with Crippen molar-refractivity contribution in [3.63, 3.8) is 0 Å². The van der Waals surface area contributed by atoms with E-state index in [9.17, 15) is 5.26 Å². The predicted molar refractivity (Wildman–Crippen MR) is 80.9 cm³/mol. The smallest absolute Gasteiger partial charge is 0.191 e. The second kappa shape index (κ2) is 5.84.